The van der Waals surface area contributed by atoms with Gasteiger partial charge in [0.2, 0.25) is 0 Å². The van der Waals surface area contributed by atoms with E-state index in [9.17, 15) is 26.7 Å². The molecule has 8 nitrogen and oxygen atoms in total. The number of β-amino-alcohol motifs (C(OH)–C–C–N with tert-alkyl or cyclic N) is 1. The second-order valence-corrected chi connectivity index (χ2v) is 11.9. The van der Waals surface area contributed by atoms with E-state index in [4.69, 9.17) is 4.74 Å². The first-order chi connectivity index (χ1) is 18.9. The van der Waals surface area contributed by atoms with Gasteiger partial charge in [-0.15, -0.1) is 0 Å². The number of aliphatic hydroxyl groups excluding tert-OH is 1. The predicted molar refractivity (Wildman–Crippen MR) is 149 cm³/mol. The third kappa shape index (κ3) is 7.91. The van der Waals surface area contributed by atoms with E-state index in [1.54, 1.807) is 37.4 Å². The molecule has 2 heterocycles. The first-order valence-corrected chi connectivity index (χ1v) is 14.7. The van der Waals surface area contributed by atoms with Gasteiger partial charge >= 0.3 is 6.18 Å². The molecule has 1 fully saturated rings. The Morgan fingerprint density at radius 2 is 1.95 bits per heavy atom. The normalized spacial score (nSPS) is 17.0. The number of sulfone groups is 1. The number of benzene rings is 2. The van der Waals surface area contributed by atoms with Gasteiger partial charge in [0.25, 0.3) is 0 Å². The number of hydrogen-bond acceptors (Lipinski definition) is 7. The maximum atomic E-state index is 13.5. The summed E-state index contributed by atoms with van der Waals surface area (Å²) in [5.74, 6) is 5.75. The minimum atomic E-state index is -4.43. The molecule has 1 aromatic heterocycles. The first-order valence-electron chi connectivity index (χ1n) is 12.8. The maximum absolute atomic E-state index is 13.5. The third-order valence-electron chi connectivity index (χ3n) is 6.62. The SMILES string of the molecule is COCC(O)CN1CCC(Nc2cccc3c2cc(C#CCNc2ccc(S(C)(=O)=O)cc2)n3CC(F)(F)F)C1. The molecule has 0 spiro atoms. The summed E-state index contributed by atoms with van der Waals surface area (Å²) in [7, 11) is -1.77. The Morgan fingerprint density at radius 1 is 1.20 bits per heavy atom. The largest absolute Gasteiger partial charge is 0.406 e. The van der Waals surface area contributed by atoms with Gasteiger partial charge in [-0.05, 0) is 54.8 Å². The summed E-state index contributed by atoms with van der Waals surface area (Å²) in [6, 6.07) is 13.2. The first kappa shape index (κ1) is 29.7. The predicted octanol–water partition coefficient (Wildman–Crippen LogP) is 3.56. The molecular weight excluding hydrogens is 545 g/mol. The molecule has 0 aliphatic carbocycles. The van der Waals surface area contributed by atoms with Gasteiger partial charge in [0.05, 0.1) is 35.4 Å². The Morgan fingerprint density at radius 3 is 2.62 bits per heavy atom. The van der Waals surface area contributed by atoms with Crippen LogP contribution in [0.4, 0.5) is 24.5 Å². The highest BCUT2D eigenvalue weighted by atomic mass is 32.2. The number of nitrogens with one attached hydrogen (secondary N) is 2. The number of likely N-dealkylation sites (tertiary alicyclic amines) is 1. The van der Waals surface area contributed by atoms with Crippen LogP contribution in [0.3, 0.4) is 0 Å². The summed E-state index contributed by atoms with van der Waals surface area (Å²) in [6.07, 6.45) is -3.05. The van der Waals surface area contributed by atoms with Crippen molar-refractivity contribution in [1.29, 1.82) is 0 Å². The Bertz CT molecular complexity index is 1480. The van der Waals surface area contributed by atoms with E-state index < -0.39 is 28.7 Å². The molecule has 12 heteroatoms. The van der Waals surface area contributed by atoms with Crippen LogP contribution < -0.4 is 10.6 Å². The molecule has 40 heavy (non-hydrogen) atoms. The van der Waals surface area contributed by atoms with E-state index in [0.29, 0.717) is 29.7 Å². The van der Waals surface area contributed by atoms with Gasteiger partial charge in [0, 0.05) is 55.8 Å². The van der Waals surface area contributed by atoms with E-state index in [1.807, 2.05) is 6.07 Å². The van der Waals surface area contributed by atoms with Gasteiger partial charge < -0.3 is 25.0 Å². The van der Waals surface area contributed by atoms with Gasteiger partial charge in [-0.2, -0.15) is 13.2 Å². The molecule has 3 aromatic rings. The number of ether oxygens (including phenoxy) is 1. The Hall–Kier alpha value is -3.24. The van der Waals surface area contributed by atoms with Gasteiger partial charge in [0.1, 0.15) is 6.54 Å². The van der Waals surface area contributed by atoms with E-state index in [2.05, 4.69) is 27.4 Å². The fourth-order valence-electron chi connectivity index (χ4n) is 4.84. The van der Waals surface area contributed by atoms with E-state index in [-0.39, 0.29) is 29.8 Å². The molecule has 0 bridgehead atoms. The van der Waals surface area contributed by atoms with Gasteiger partial charge in [-0.3, -0.25) is 4.90 Å². The number of alkyl halides is 3. The maximum Gasteiger partial charge on any atom is 0.406 e. The number of rotatable bonds is 10. The lowest BCUT2D eigenvalue weighted by atomic mass is 10.1. The van der Waals surface area contributed by atoms with Crippen molar-refractivity contribution in [3.05, 3.63) is 54.2 Å². The minimum absolute atomic E-state index is 0.0825. The zero-order chi connectivity index (χ0) is 28.9. The smallest absolute Gasteiger partial charge is 0.389 e. The molecule has 1 aliphatic rings. The zero-order valence-corrected chi connectivity index (χ0v) is 23.1. The summed E-state index contributed by atoms with van der Waals surface area (Å²) >= 11 is 0. The van der Waals surface area contributed by atoms with Crippen LogP contribution in [0, 0.1) is 11.8 Å². The van der Waals surface area contributed by atoms with Crippen molar-refractivity contribution in [2.75, 3.05) is 56.8 Å². The van der Waals surface area contributed by atoms with E-state index >= 15 is 0 Å². The number of aromatic nitrogens is 1. The second kappa shape index (κ2) is 12.5. The van der Waals surface area contributed by atoms with Crippen LogP contribution in [0.15, 0.2) is 53.4 Å². The van der Waals surface area contributed by atoms with Gasteiger partial charge in [-0.25, -0.2) is 8.42 Å². The zero-order valence-electron chi connectivity index (χ0n) is 22.3. The lowest BCUT2D eigenvalue weighted by Crippen LogP contribution is -2.34. The molecule has 1 aliphatic heterocycles. The fraction of sp³-hybridized carbons (Fsp3) is 0.429. The highest BCUT2D eigenvalue weighted by molar-refractivity contribution is 7.90. The molecule has 2 unspecified atom stereocenters. The van der Waals surface area contributed by atoms with Crippen molar-refractivity contribution in [2.45, 2.75) is 36.2 Å². The van der Waals surface area contributed by atoms with E-state index in [1.165, 1.54) is 16.7 Å². The van der Waals surface area contributed by atoms with Crippen LogP contribution >= 0.6 is 0 Å². The highest BCUT2D eigenvalue weighted by Gasteiger charge is 2.30. The lowest BCUT2D eigenvalue weighted by molar-refractivity contribution is -0.140. The van der Waals surface area contributed by atoms with Gasteiger partial charge in [-0.1, -0.05) is 12.0 Å². The lowest BCUT2D eigenvalue weighted by Gasteiger charge is -2.20. The van der Waals surface area contributed by atoms with Crippen molar-refractivity contribution >= 4 is 32.1 Å². The number of nitrogens with zero attached hydrogens (tertiary/aromatic N) is 2. The summed E-state index contributed by atoms with van der Waals surface area (Å²) in [5, 5.41) is 17.2. The topological polar surface area (TPSA) is 95.8 Å². The molecule has 0 amide bonds. The van der Waals surface area contributed by atoms with Crippen LogP contribution in [0.25, 0.3) is 10.9 Å². The molecule has 216 valence electrons. The Balaban J connectivity index is 1.51. The monoisotopic (exact) mass is 578 g/mol. The summed E-state index contributed by atoms with van der Waals surface area (Å²) in [5.41, 5.74) is 2.05. The Kier molecular flexibility index (Phi) is 9.30. The standard InChI is InChI=1S/C28H33F3N4O4S/c1-39-18-23(36)17-34-14-12-21(16-34)33-26-6-3-7-27-25(26)15-22(35(27)19-28(29,30)31)5-4-13-32-20-8-10-24(11-9-20)40(2,37)38/h3,6-11,15,21,23,32-33,36H,12-14,16-19H2,1-2H3. The average Bonchev–Trinajstić information content (AvgIpc) is 3.45. The second-order valence-electron chi connectivity index (χ2n) is 9.92. The summed E-state index contributed by atoms with van der Waals surface area (Å²) < 4.78 is 69.9. The number of fused-ring (bicyclic) bond motifs is 1. The van der Waals surface area contributed by atoms with Crippen LogP contribution in [-0.2, 0) is 21.1 Å². The van der Waals surface area contributed by atoms with Crippen molar-refractivity contribution < 1.29 is 31.4 Å². The van der Waals surface area contributed by atoms with Crippen molar-refractivity contribution in [3.63, 3.8) is 0 Å². The summed E-state index contributed by atoms with van der Waals surface area (Å²) in [6.45, 7) is 1.24. The molecular formula is C28H33F3N4O4S. The van der Waals surface area contributed by atoms with Crippen molar-refractivity contribution in [2.24, 2.45) is 0 Å². The Labute approximate surface area is 232 Å². The quantitative estimate of drug-likeness (QED) is 0.317. The summed E-state index contributed by atoms with van der Waals surface area (Å²) in [4.78, 5) is 2.33. The van der Waals surface area contributed by atoms with Crippen LogP contribution in [0.5, 0.6) is 0 Å². The van der Waals surface area contributed by atoms with Crippen molar-refractivity contribution in [3.8, 4) is 11.8 Å². The van der Waals surface area contributed by atoms with Crippen LogP contribution in [0.1, 0.15) is 12.1 Å². The highest BCUT2D eigenvalue weighted by Crippen LogP contribution is 2.31. The van der Waals surface area contributed by atoms with Crippen LogP contribution in [-0.4, -0.2) is 87.5 Å². The average molecular weight is 579 g/mol. The third-order valence-corrected chi connectivity index (χ3v) is 7.75. The number of anilines is 2. The minimum Gasteiger partial charge on any atom is -0.389 e. The molecule has 2 atom stereocenters. The molecule has 4 rings (SSSR count). The molecule has 3 N–H and O–H groups in total. The number of aliphatic hydroxyl groups is 1. The van der Waals surface area contributed by atoms with Crippen molar-refractivity contribution in [1.82, 2.24) is 9.47 Å². The number of hydrogen-bond donors (Lipinski definition) is 3. The number of methoxy groups -OCH3 is 1. The molecule has 2 aromatic carbocycles. The van der Waals surface area contributed by atoms with E-state index in [0.717, 1.165) is 24.9 Å². The fourth-order valence-corrected chi connectivity index (χ4v) is 5.47. The molecule has 1 saturated heterocycles. The number of halogens is 3. The van der Waals surface area contributed by atoms with Gasteiger partial charge in [0.15, 0.2) is 9.84 Å². The molecule has 0 radical (unpaired) electrons. The molecule has 0 saturated carbocycles. The van der Waals surface area contributed by atoms with Crippen LogP contribution in [0.2, 0.25) is 0 Å².